The van der Waals surface area contributed by atoms with Gasteiger partial charge in [0, 0.05) is 25.8 Å². The average Bonchev–Trinajstić information content (AvgIpc) is 3.35. The van der Waals surface area contributed by atoms with Crippen molar-refractivity contribution in [2.45, 2.75) is 50.6 Å². The number of carbonyl (C=O) groups is 2. The standard InChI is InChI=1S/C20H21F2N3O3S2/c1-9(11-4-5-11)25-8-13-6-12(7-14(30(3)28)15(13)19(25)27)17-16(18(21)22)24-20(29-17)23-10(2)26/h6-7,9,11,18H,4-5,8H2,1-3H3,(H,23,24,26)/t9-,30-/m0/s1. The van der Waals surface area contributed by atoms with Crippen LogP contribution < -0.4 is 5.32 Å². The fourth-order valence-corrected chi connectivity index (χ4v) is 5.66. The van der Waals surface area contributed by atoms with Crippen molar-refractivity contribution in [1.82, 2.24) is 9.88 Å². The van der Waals surface area contributed by atoms with Crippen LogP contribution in [0.2, 0.25) is 0 Å². The van der Waals surface area contributed by atoms with Crippen molar-refractivity contribution in [3.8, 4) is 10.4 Å². The minimum atomic E-state index is -2.84. The van der Waals surface area contributed by atoms with Crippen LogP contribution in [0.1, 0.15) is 54.7 Å². The lowest BCUT2D eigenvalue weighted by Gasteiger charge is -2.24. The molecule has 2 atom stereocenters. The Labute approximate surface area is 179 Å². The van der Waals surface area contributed by atoms with E-state index < -0.39 is 28.8 Å². The van der Waals surface area contributed by atoms with Crippen molar-refractivity contribution < 1.29 is 22.6 Å². The third-order valence-corrected chi connectivity index (χ3v) is 7.49. The number of alkyl halides is 2. The van der Waals surface area contributed by atoms with Crippen LogP contribution in [0.3, 0.4) is 0 Å². The maximum atomic E-state index is 13.6. The van der Waals surface area contributed by atoms with E-state index in [9.17, 15) is 22.6 Å². The number of carbonyl (C=O) groups excluding carboxylic acids is 2. The van der Waals surface area contributed by atoms with Gasteiger partial charge in [-0.25, -0.2) is 13.8 Å². The highest BCUT2D eigenvalue weighted by Gasteiger charge is 2.40. The summed E-state index contributed by atoms with van der Waals surface area (Å²) in [7, 11) is -1.48. The van der Waals surface area contributed by atoms with Gasteiger partial charge in [0.1, 0.15) is 5.69 Å². The molecule has 2 aliphatic rings. The molecule has 2 amide bonds. The molecule has 1 fully saturated rings. The average molecular weight is 454 g/mol. The minimum absolute atomic E-state index is 0.0764. The quantitative estimate of drug-likeness (QED) is 0.711. The van der Waals surface area contributed by atoms with Crippen molar-refractivity contribution >= 4 is 39.1 Å². The smallest absolute Gasteiger partial charge is 0.281 e. The third kappa shape index (κ3) is 3.78. The van der Waals surface area contributed by atoms with E-state index in [4.69, 9.17) is 0 Å². The van der Waals surface area contributed by atoms with Gasteiger partial charge in [0.05, 0.1) is 26.1 Å². The van der Waals surface area contributed by atoms with Crippen molar-refractivity contribution in [2.24, 2.45) is 5.92 Å². The van der Waals surface area contributed by atoms with Crippen LogP contribution in [-0.2, 0) is 22.1 Å². The van der Waals surface area contributed by atoms with E-state index in [2.05, 4.69) is 10.3 Å². The first-order valence-electron chi connectivity index (χ1n) is 9.55. The second kappa shape index (κ2) is 7.81. The molecular weight excluding hydrogens is 432 g/mol. The summed E-state index contributed by atoms with van der Waals surface area (Å²) < 4.78 is 39.7. The molecular formula is C20H21F2N3O3S2. The molecule has 0 bridgehead atoms. The lowest BCUT2D eigenvalue weighted by Crippen LogP contribution is -2.34. The van der Waals surface area contributed by atoms with E-state index >= 15 is 0 Å². The number of halogens is 2. The molecule has 0 spiro atoms. The number of amides is 2. The largest absolute Gasteiger partial charge is 0.331 e. The summed E-state index contributed by atoms with van der Waals surface area (Å²) in [5.41, 5.74) is 1.09. The van der Waals surface area contributed by atoms with Crippen LogP contribution in [-0.4, -0.2) is 38.2 Å². The molecule has 10 heteroatoms. The second-order valence-corrected chi connectivity index (χ2v) is 10.0. The highest BCUT2D eigenvalue weighted by molar-refractivity contribution is 7.84. The second-order valence-electron chi connectivity index (χ2n) is 7.69. The Morgan fingerprint density at radius 1 is 1.37 bits per heavy atom. The number of thiazole rings is 1. The van der Waals surface area contributed by atoms with Gasteiger partial charge in [-0.05, 0) is 48.9 Å². The Morgan fingerprint density at radius 3 is 2.63 bits per heavy atom. The molecule has 160 valence electrons. The lowest BCUT2D eigenvalue weighted by atomic mass is 10.0. The van der Waals surface area contributed by atoms with E-state index in [-0.39, 0.29) is 22.0 Å². The van der Waals surface area contributed by atoms with E-state index in [1.165, 1.54) is 19.2 Å². The van der Waals surface area contributed by atoms with Crippen LogP contribution in [0.4, 0.5) is 13.9 Å². The molecule has 6 nitrogen and oxygen atoms in total. The molecule has 1 aromatic heterocycles. The summed E-state index contributed by atoms with van der Waals surface area (Å²) in [4.78, 5) is 30.6. The van der Waals surface area contributed by atoms with Crippen LogP contribution in [0.5, 0.6) is 0 Å². The summed E-state index contributed by atoms with van der Waals surface area (Å²) in [5, 5.41) is 2.52. The topological polar surface area (TPSA) is 79.4 Å². The monoisotopic (exact) mass is 453 g/mol. The number of rotatable bonds is 6. The molecule has 0 radical (unpaired) electrons. The molecule has 0 unspecified atom stereocenters. The van der Waals surface area contributed by atoms with E-state index in [1.807, 2.05) is 6.92 Å². The first kappa shape index (κ1) is 21.0. The van der Waals surface area contributed by atoms with E-state index in [1.54, 1.807) is 11.0 Å². The number of fused-ring (bicyclic) bond motifs is 1. The number of hydrogen-bond acceptors (Lipinski definition) is 5. The predicted octanol–water partition coefficient (Wildman–Crippen LogP) is 4.20. The van der Waals surface area contributed by atoms with Crippen LogP contribution in [0.15, 0.2) is 17.0 Å². The summed E-state index contributed by atoms with van der Waals surface area (Å²) >= 11 is 0.937. The lowest BCUT2D eigenvalue weighted by molar-refractivity contribution is -0.114. The summed E-state index contributed by atoms with van der Waals surface area (Å²) in [5.74, 6) is -0.0837. The normalized spacial score (nSPS) is 17.9. The number of aromatic nitrogens is 1. The molecule has 1 N–H and O–H groups in total. The van der Waals surface area contributed by atoms with Gasteiger partial charge >= 0.3 is 0 Å². The molecule has 1 saturated carbocycles. The highest BCUT2D eigenvalue weighted by atomic mass is 32.2. The van der Waals surface area contributed by atoms with Crippen molar-refractivity contribution in [2.75, 3.05) is 11.6 Å². The van der Waals surface area contributed by atoms with Crippen molar-refractivity contribution in [3.63, 3.8) is 0 Å². The van der Waals surface area contributed by atoms with Gasteiger partial charge in [0.25, 0.3) is 12.3 Å². The SMILES string of the molecule is CC(=O)Nc1nc(C(F)F)c(-c2cc3c(c([S@](C)=O)c2)C(=O)N([C@@H](C)C2CC2)C3)s1. The van der Waals surface area contributed by atoms with Crippen LogP contribution in [0, 0.1) is 5.92 Å². The Bertz CT molecular complexity index is 1070. The third-order valence-electron chi connectivity index (χ3n) is 5.51. The number of anilines is 1. The van der Waals surface area contributed by atoms with E-state index in [0.29, 0.717) is 34.0 Å². The van der Waals surface area contributed by atoms with E-state index in [0.717, 1.165) is 24.2 Å². The van der Waals surface area contributed by atoms with Gasteiger partial charge in [-0.2, -0.15) is 0 Å². The number of nitrogens with zero attached hydrogens (tertiary/aromatic N) is 2. The fraction of sp³-hybridized carbons (Fsp3) is 0.450. The van der Waals surface area contributed by atoms with Gasteiger partial charge in [-0.3, -0.25) is 13.8 Å². The zero-order chi connectivity index (χ0) is 21.7. The molecule has 4 rings (SSSR count). The zero-order valence-corrected chi connectivity index (χ0v) is 18.3. The Morgan fingerprint density at radius 2 is 2.07 bits per heavy atom. The molecule has 2 heterocycles. The summed E-state index contributed by atoms with van der Waals surface area (Å²) in [6.07, 6.45) is 0.812. The number of nitrogens with one attached hydrogen (secondary N) is 1. The summed E-state index contributed by atoms with van der Waals surface area (Å²) in [6.45, 7) is 3.66. The van der Waals surface area contributed by atoms with Crippen molar-refractivity contribution in [3.05, 3.63) is 29.0 Å². The molecule has 30 heavy (non-hydrogen) atoms. The van der Waals surface area contributed by atoms with Gasteiger partial charge in [0.15, 0.2) is 5.13 Å². The van der Waals surface area contributed by atoms with Crippen LogP contribution >= 0.6 is 11.3 Å². The molecule has 0 saturated heterocycles. The van der Waals surface area contributed by atoms with Gasteiger partial charge in [-0.1, -0.05) is 11.3 Å². The van der Waals surface area contributed by atoms with Crippen LogP contribution in [0.25, 0.3) is 10.4 Å². The number of benzene rings is 1. The fourth-order valence-electron chi connectivity index (χ4n) is 3.85. The Balaban J connectivity index is 1.81. The molecule has 1 aliphatic heterocycles. The van der Waals surface area contributed by atoms with Gasteiger partial charge in [0.2, 0.25) is 5.91 Å². The van der Waals surface area contributed by atoms with Crippen molar-refractivity contribution in [1.29, 1.82) is 0 Å². The molecule has 1 aromatic carbocycles. The first-order chi connectivity index (χ1) is 14.2. The highest BCUT2D eigenvalue weighted by Crippen LogP contribution is 2.43. The zero-order valence-electron chi connectivity index (χ0n) is 16.7. The summed E-state index contributed by atoms with van der Waals surface area (Å²) in [6, 6.07) is 3.33. The maximum Gasteiger partial charge on any atom is 0.281 e. The van der Waals surface area contributed by atoms with Gasteiger partial charge < -0.3 is 10.2 Å². The first-order valence-corrected chi connectivity index (χ1v) is 11.9. The minimum Gasteiger partial charge on any atom is -0.331 e. The maximum absolute atomic E-state index is 13.6. The Hall–Kier alpha value is -2.20. The number of hydrogen-bond donors (Lipinski definition) is 1. The Kier molecular flexibility index (Phi) is 5.48. The molecule has 1 aliphatic carbocycles. The van der Waals surface area contributed by atoms with Gasteiger partial charge in [-0.15, -0.1) is 0 Å². The predicted molar refractivity (Wildman–Crippen MR) is 111 cm³/mol. The molecule has 2 aromatic rings.